The number of likely N-dealkylation sites (N-methyl/N-ethyl adjacent to an activating group) is 1. The first-order chi connectivity index (χ1) is 15.0. The average Bonchev–Trinajstić information content (AvgIpc) is 3.01. The number of hydrogen-bond acceptors (Lipinski definition) is 4. The molecule has 0 aliphatic carbocycles. The second-order valence-corrected chi connectivity index (χ2v) is 9.50. The largest absolute Gasteiger partial charge is 0.340 e. The topological polar surface area (TPSA) is 84.3 Å². The predicted molar refractivity (Wildman–Crippen MR) is 120 cm³/mol. The molecule has 1 atom stereocenters. The Kier molecular flexibility index (Phi) is 6.80. The van der Waals surface area contributed by atoms with Gasteiger partial charge in [-0.05, 0) is 51.5 Å². The molecule has 0 aliphatic heterocycles. The number of nitrogens with one attached hydrogen (secondary N) is 1. The molecule has 3 rings (SSSR count). The van der Waals surface area contributed by atoms with Gasteiger partial charge in [0.2, 0.25) is 15.9 Å². The molecule has 1 heterocycles. The first kappa shape index (κ1) is 23.6. The molecular weight excluding hydrogens is 431 g/mol. The fourth-order valence-corrected chi connectivity index (χ4v) is 4.87. The quantitative estimate of drug-likeness (QED) is 0.589. The van der Waals surface area contributed by atoms with Crippen LogP contribution in [-0.4, -0.2) is 42.1 Å². The number of carbonyl (C=O) groups excluding carboxylic acids is 1. The van der Waals surface area contributed by atoms with E-state index in [0.29, 0.717) is 0 Å². The van der Waals surface area contributed by atoms with Crippen LogP contribution in [0.25, 0.3) is 5.69 Å². The predicted octanol–water partition coefficient (Wildman–Crippen LogP) is 3.26. The first-order valence-electron chi connectivity index (χ1n) is 10.2. The molecule has 1 aromatic heterocycles. The number of aryl methyl sites for hydroxylation is 2. The van der Waals surface area contributed by atoms with Gasteiger partial charge in [-0.3, -0.25) is 4.79 Å². The van der Waals surface area contributed by atoms with Gasteiger partial charge in [-0.25, -0.2) is 17.5 Å². The number of hydrogen-bond donors (Lipinski definition) is 1. The average molecular weight is 459 g/mol. The van der Waals surface area contributed by atoms with Crippen molar-refractivity contribution >= 4 is 15.9 Å². The summed E-state index contributed by atoms with van der Waals surface area (Å²) >= 11 is 0. The number of halogens is 1. The highest BCUT2D eigenvalue weighted by atomic mass is 32.2. The van der Waals surface area contributed by atoms with Crippen LogP contribution in [0.4, 0.5) is 4.39 Å². The van der Waals surface area contributed by atoms with Crippen molar-refractivity contribution in [2.75, 3.05) is 7.05 Å². The van der Waals surface area contributed by atoms with Crippen LogP contribution in [0.5, 0.6) is 0 Å². The van der Waals surface area contributed by atoms with Crippen molar-refractivity contribution in [3.05, 3.63) is 76.9 Å². The number of nitrogens with zero attached hydrogens (tertiary/aromatic N) is 3. The lowest BCUT2D eigenvalue weighted by atomic mass is 10.1. The van der Waals surface area contributed by atoms with E-state index >= 15 is 0 Å². The lowest BCUT2D eigenvalue weighted by Crippen LogP contribution is -2.45. The van der Waals surface area contributed by atoms with Crippen LogP contribution in [0.15, 0.2) is 53.4 Å². The van der Waals surface area contributed by atoms with Crippen LogP contribution in [0.3, 0.4) is 0 Å². The standard InChI is InChI=1S/C23H27FN4O3S/c1-15-10-6-8-12-21(15)28-18(4)19(16(2)25-28)14-27(5)23(29)17(3)26-32(30,31)22-13-9-7-11-20(22)24/h6-13,17,26H,14H2,1-5H3/t17-/m0/s1. The minimum atomic E-state index is -4.18. The van der Waals surface area contributed by atoms with Gasteiger partial charge in [0, 0.05) is 24.8 Å². The fraction of sp³-hybridized carbons (Fsp3) is 0.304. The minimum absolute atomic E-state index is 0.258. The van der Waals surface area contributed by atoms with E-state index in [1.165, 1.54) is 24.0 Å². The zero-order chi connectivity index (χ0) is 23.6. The molecule has 0 unspecified atom stereocenters. The number of rotatable bonds is 7. The van der Waals surface area contributed by atoms with Gasteiger partial charge in [0.1, 0.15) is 10.7 Å². The Bertz CT molecular complexity index is 1250. The van der Waals surface area contributed by atoms with Crippen molar-refractivity contribution in [3.8, 4) is 5.69 Å². The highest BCUT2D eigenvalue weighted by Gasteiger charge is 2.27. The zero-order valence-electron chi connectivity index (χ0n) is 18.8. The van der Waals surface area contributed by atoms with Gasteiger partial charge in [0.25, 0.3) is 0 Å². The minimum Gasteiger partial charge on any atom is -0.340 e. The third-order valence-corrected chi connectivity index (χ3v) is 6.96. The van der Waals surface area contributed by atoms with Crippen molar-refractivity contribution < 1.29 is 17.6 Å². The lowest BCUT2D eigenvalue weighted by Gasteiger charge is -2.22. The molecule has 0 saturated heterocycles. The summed E-state index contributed by atoms with van der Waals surface area (Å²) in [6.45, 7) is 7.51. The van der Waals surface area contributed by atoms with Crippen molar-refractivity contribution in [1.29, 1.82) is 0 Å². The van der Waals surface area contributed by atoms with Crippen molar-refractivity contribution in [1.82, 2.24) is 19.4 Å². The molecule has 170 valence electrons. The van der Waals surface area contributed by atoms with Crippen LogP contribution in [0.2, 0.25) is 0 Å². The summed E-state index contributed by atoms with van der Waals surface area (Å²) < 4.78 is 43.1. The molecule has 2 aromatic carbocycles. The molecule has 0 aliphatic rings. The summed E-state index contributed by atoms with van der Waals surface area (Å²) in [5.74, 6) is -1.31. The van der Waals surface area contributed by atoms with E-state index in [0.717, 1.165) is 40.3 Å². The third-order valence-electron chi connectivity index (χ3n) is 5.38. The SMILES string of the molecule is Cc1ccccc1-n1nc(C)c(CN(C)C(=O)[C@H](C)NS(=O)(=O)c2ccccc2F)c1C. The number of para-hydroxylation sites is 1. The van der Waals surface area contributed by atoms with Crippen LogP contribution >= 0.6 is 0 Å². The van der Waals surface area contributed by atoms with E-state index in [9.17, 15) is 17.6 Å². The summed E-state index contributed by atoms with van der Waals surface area (Å²) in [6.07, 6.45) is 0. The molecule has 0 fully saturated rings. The van der Waals surface area contributed by atoms with Gasteiger partial charge >= 0.3 is 0 Å². The van der Waals surface area contributed by atoms with Crippen molar-refractivity contribution in [2.45, 2.75) is 45.2 Å². The summed E-state index contributed by atoms with van der Waals surface area (Å²) in [5, 5.41) is 4.63. The molecule has 3 aromatic rings. The molecule has 7 nitrogen and oxygen atoms in total. The number of carbonyl (C=O) groups is 1. The first-order valence-corrected chi connectivity index (χ1v) is 11.6. The normalized spacial score (nSPS) is 12.6. The molecular formula is C23H27FN4O3S. The number of aromatic nitrogens is 2. The summed E-state index contributed by atoms with van der Waals surface area (Å²) in [4.78, 5) is 13.8. The Morgan fingerprint density at radius 2 is 1.75 bits per heavy atom. The van der Waals surface area contributed by atoms with Gasteiger partial charge in [-0.15, -0.1) is 0 Å². The molecule has 9 heteroatoms. The lowest BCUT2D eigenvalue weighted by molar-refractivity contribution is -0.131. The molecule has 1 amide bonds. The molecule has 0 spiro atoms. The van der Waals surface area contributed by atoms with Crippen LogP contribution in [0, 0.1) is 26.6 Å². The highest BCUT2D eigenvalue weighted by Crippen LogP contribution is 2.22. The summed E-state index contributed by atoms with van der Waals surface area (Å²) in [7, 11) is -2.59. The Morgan fingerprint density at radius 3 is 2.41 bits per heavy atom. The zero-order valence-corrected chi connectivity index (χ0v) is 19.6. The summed E-state index contributed by atoms with van der Waals surface area (Å²) in [6, 6.07) is 11.9. The van der Waals surface area contributed by atoms with Gasteiger partial charge in [0.05, 0.1) is 17.4 Å². The van der Waals surface area contributed by atoms with E-state index in [1.54, 1.807) is 7.05 Å². The maximum atomic E-state index is 13.9. The van der Waals surface area contributed by atoms with Gasteiger partial charge in [-0.1, -0.05) is 30.3 Å². The number of sulfonamides is 1. The maximum absolute atomic E-state index is 13.9. The second kappa shape index (κ2) is 9.22. The molecule has 0 bridgehead atoms. The van der Waals surface area contributed by atoms with Crippen molar-refractivity contribution in [2.24, 2.45) is 0 Å². The van der Waals surface area contributed by atoms with Gasteiger partial charge < -0.3 is 4.90 Å². The molecule has 32 heavy (non-hydrogen) atoms. The number of benzene rings is 2. The van der Waals surface area contributed by atoms with Crippen LogP contribution in [0.1, 0.15) is 29.4 Å². The second-order valence-electron chi connectivity index (χ2n) is 7.82. The van der Waals surface area contributed by atoms with E-state index < -0.39 is 32.7 Å². The van der Waals surface area contributed by atoms with Crippen molar-refractivity contribution in [3.63, 3.8) is 0 Å². The van der Waals surface area contributed by atoms with Crippen LogP contribution < -0.4 is 4.72 Å². The highest BCUT2D eigenvalue weighted by molar-refractivity contribution is 7.89. The van der Waals surface area contributed by atoms with Crippen LogP contribution in [-0.2, 0) is 21.4 Å². The summed E-state index contributed by atoms with van der Waals surface area (Å²) in [5.41, 5.74) is 4.60. The third kappa shape index (κ3) is 4.73. The van der Waals surface area contributed by atoms with Gasteiger partial charge in [-0.2, -0.15) is 9.82 Å². The van der Waals surface area contributed by atoms with E-state index in [-0.39, 0.29) is 6.54 Å². The molecule has 0 saturated carbocycles. The maximum Gasteiger partial charge on any atom is 0.244 e. The van der Waals surface area contributed by atoms with E-state index in [4.69, 9.17) is 0 Å². The Labute approximate surface area is 187 Å². The Morgan fingerprint density at radius 1 is 1.12 bits per heavy atom. The fourth-order valence-electron chi connectivity index (χ4n) is 3.59. The number of amides is 1. The monoisotopic (exact) mass is 458 g/mol. The Hall–Kier alpha value is -3.04. The van der Waals surface area contributed by atoms with E-state index in [1.807, 2.05) is 49.7 Å². The molecule has 1 N–H and O–H groups in total. The molecule has 0 radical (unpaired) electrons. The van der Waals surface area contributed by atoms with E-state index in [2.05, 4.69) is 9.82 Å². The Balaban J connectivity index is 1.77. The smallest absolute Gasteiger partial charge is 0.244 e. The van der Waals surface area contributed by atoms with Gasteiger partial charge in [0.15, 0.2) is 0 Å².